The molecule has 7 nitrogen and oxygen atoms in total. The molecule has 0 aliphatic carbocycles. The van der Waals surface area contributed by atoms with Crippen LogP contribution in [-0.4, -0.2) is 72.9 Å². The van der Waals surface area contributed by atoms with Crippen LogP contribution in [-0.2, 0) is 4.79 Å². The molecule has 0 bridgehead atoms. The minimum atomic E-state index is -0.384. The van der Waals surface area contributed by atoms with Gasteiger partial charge in [-0.1, -0.05) is 54.6 Å². The third-order valence-corrected chi connectivity index (χ3v) is 8.20. The van der Waals surface area contributed by atoms with Crippen molar-refractivity contribution in [2.75, 3.05) is 56.1 Å². The van der Waals surface area contributed by atoms with Crippen LogP contribution < -0.4 is 9.80 Å². The van der Waals surface area contributed by atoms with E-state index in [-0.39, 0.29) is 23.7 Å². The summed E-state index contributed by atoms with van der Waals surface area (Å²) in [5.41, 5.74) is 4.07. The van der Waals surface area contributed by atoms with Crippen molar-refractivity contribution in [3.8, 4) is 11.1 Å². The molecule has 8 heteroatoms. The van der Waals surface area contributed by atoms with E-state index >= 15 is 4.39 Å². The zero-order chi connectivity index (χ0) is 30.3. The number of piperazine rings is 1. The van der Waals surface area contributed by atoms with Gasteiger partial charge in [0.25, 0.3) is 5.91 Å². The second kappa shape index (κ2) is 13.6. The number of carbonyl (C=O) groups is 2. The molecule has 1 unspecified atom stereocenters. The Morgan fingerprint density at radius 2 is 1.58 bits per heavy atom. The van der Waals surface area contributed by atoms with E-state index in [4.69, 9.17) is 0 Å². The first-order chi connectivity index (χ1) is 20.9. The van der Waals surface area contributed by atoms with Gasteiger partial charge in [-0.2, -0.15) is 0 Å². The van der Waals surface area contributed by atoms with Crippen molar-refractivity contribution in [2.45, 2.75) is 19.9 Å². The molecule has 3 aromatic carbocycles. The fourth-order valence-electron chi connectivity index (χ4n) is 5.78. The van der Waals surface area contributed by atoms with Crippen molar-refractivity contribution in [3.05, 3.63) is 114 Å². The highest BCUT2D eigenvalue weighted by Gasteiger charge is 2.33. The van der Waals surface area contributed by atoms with Gasteiger partial charge in [-0.15, -0.1) is 0 Å². The molecule has 4 aromatic rings. The highest BCUT2D eigenvalue weighted by atomic mass is 19.1. The molecule has 1 aliphatic heterocycles. The van der Waals surface area contributed by atoms with E-state index in [1.54, 1.807) is 37.6 Å². The highest BCUT2D eigenvalue weighted by Crippen LogP contribution is 2.31. The summed E-state index contributed by atoms with van der Waals surface area (Å²) in [7, 11) is 1.66. The van der Waals surface area contributed by atoms with Crippen LogP contribution in [0.15, 0.2) is 97.3 Å². The van der Waals surface area contributed by atoms with Crippen molar-refractivity contribution in [2.24, 2.45) is 0 Å². The monoisotopic (exact) mass is 578 g/mol. The first-order valence-electron chi connectivity index (χ1n) is 14.8. The quantitative estimate of drug-likeness (QED) is 0.248. The average molecular weight is 579 g/mol. The topological polar surface area (TPSA) is 60.0 Å². The average Bonchev–Trinajstić information content (AvgIpc) is 3.06. The molecule has 5 rings (SSSR count). The number of pyridine rings is 1. The molecule has 1 saturated heterocycles. The second-order valence-corrected chi connectivity index (χ2v) is 10.6. The van der Waals surface area contributed by atoms with Gasteiger partial charge >= 0.3 is 0 Å². The summed E-state index contributed by atoms with van der Waals surface area (Å²) in [5.74, 6) is -0.520. The molecular formula is C35H38FN5O2. The van der Waals surface area contributed by atoms with Crippen LogP contribution in [0.4, 0.5) is 15.8 Å². The number of rotatable bonds is 9. The Labute approximate surface area is 253 Å². The first kappa shape index (κ1) is 29.9. The number of aromatic nitrogens is 1. The van der Waals surface area contributed by atoms with Gasteiger partial charge in [0.05, 0.1) is 5.69 Å². The van der Waals surface area contributed by atoms with E-state index in [0.717, 1.165) is 16.7 Å². The lowest BCUT2D eigenvalue weighted by Gasteiger charge is -2.41. The van der Waals surface area contributed by atoms with E-state index in [0.29, 0.717) is 56.2 Å². The Hall–Kier alpha value is -4.56. The maximum absolute atomic E-state index is 15.6. The summed E-state index contributed by atoms with van der Waals surface area (Å²) in [6, 6.07) is 25.6. The minimum absolute atomic E-state index is 0.0954. The van der Waals surface area contributed by atoms with Crippen molar-refractivity contribution >= 4 is 23.2 Å². The van der Waals surface area contributed by atoms with Gasteiger partial charge in [-0.05, 0) is 55.3 Å². The molecule has 1 atom stereocenters. The van der Waals surface area contributed by atoms with Crippen LogP contribution in [0.1, 0.15) is 35.8 Å². The zero-order valence-electron chi connectivity index (χ0n) is 25.0. The number of hydrogen-bond donors (Lipinski definition) is 0. The van der Waals surface area contributed by atoms with Gasteiger partial charge in [-0.25, -0.2) is 4.39 Å². The van der Waals surface area contributed by atoms with Gasteiger partial charge in [0.2, 0.25) is 5.91 Å². The third-order valence-electron chi connectivity index (χ3n) is 8.20. The molecule has 2 amide bonds. The molecule has 43 heavy (non-hydrogen) atoms. The first-order valence-corrected chi connectivity index (χ1v) is 14.8. The fraction of sp³-hybridized carbons (Fsp3) is 0.286. The van der Waals surface area contributed by atoms with Gasteiger partial charge in [0.1, 0.15) is 11.9 Å². The van der Waals surface area contributed by atoms with Crippen molar-refractivity contribution < 1.29 is 14.0 Å². The van der Waals surface area contributed by atoms with Crippen molar-refractivity contribution in [3.63, 3.8) is 0 Å². The van der Waals surface area contributed by atoms with E-state index < -0.39 is 0 Å². The number of nitrogens with zero attached hydrogens (tertiary/aromatic N) is 5. The SMILES string of the molecule is CCN(CC)C(=O)C(c1ccccc1)N1CCN(c2ccc(N([11CH3])C(=O)c3ccccc3-c3cccnc3)cc2F)CC1. The third kappa shape index (κ3) is 6.44. The van der Waals surface area contributed by atoms with E-state index in [2.05, 4.69) is 9.88 Å². The van der Waals surface area contributed by atoms with Crippen molar-refractivity contribution in [1.29, 1.82) is 0 Å². The number of likely N-dealkylation sites (N-methyl/N-ethyl adjacent to an activating group) is 1. The molecule has 0 saturated carbocycles. The Balaban J connectivity index is 1.30. The number of carbonyl (C=O) groups excluding carboxylic acids is 2. The Kier molecular flexibility index (Phi) is 9.47. The van der Waals surface area contributed by atoms with Crippen LogP contribution >= 0.6 is 0 Å². The predicted octanol–water partition coefficient (Wildman–Crippen LogP) is 5.90. The lowest BCUT2D eigenvalue weighted by Crippen LogP contribution is -2.52. The standard InChI is InChI=1S/C35H38FN5O2/c1-4-39(5-2)35(43)33(26-12-7-6-8-13-26)41-22-20-40(21-23-41)32-18-17-28(24-31(32)36)38(3)34(42)30-16-10-9-15-29(30)27-14-11-19-37-25-27/h6-19,24-25,33H,4-5,20-23H2,1-3H3/i3-1. The Morgan fingerprint density at radius 1 is 0.884 bits per heavy atom. The van der Waals surface area contributed by atoms with Crippen LogP contribution in [0, 0.1) is 5.82 Å². The Morgan fingerprint density at radius 3 is 2.23 bits per heavy atom. The molecule has 222 valence electrons. The largest absolute Gasteiger partial charge is 0.367 e. The summed E-state index contributed by atoms with van der Waals surface area (Å²) in [6.45, 7) is 7.71. The van der Waals surface area contributed by atoms with Crippen LogP contribution in [0.2, 0.25) is 0 Å². The maximum atomic E-state index is 15.6. The molecule has 2 heterocycles. The lowest BCUT2D eigenvalue weighted by atomic mass is 9.99. The summed E-state index contributed by atoms with van der Waals surface area (Å²) in [6.07, 6.45) is 3.42. The number of halogens is 1. The molecule has 1 fully saturated rings. The smallest absolute Gasteiger partial charge is 0.258 e. The molecule has 1 aromatic heterocycles. The summed E-state index contributed by atoms with van der Waals surface area (Å²) >= 11 is 0. The molecular weight excluding hydrogens is 540 g/mol. The highest BCUT2D eigenvalue weighted by molar-refractivity contribution is 6.10. The van der Waals surface area contributed by atoms with E-state index in [9.17, 15) is 9.59 Å². The van der Waals surface area contributed by atoms with E-state index in [1.807, 2.05) is 84.3 Å². The summed E-state index contributed by atoms with van der Waals surface area (Å²) in [4.78, 5) is 38.8. The second-order valence-electron chi connectivity index (χ2n) is 10.6. The van der Waals surface area contributed by atoms with Crippen molar-refractivity contribution in [1.82, 2.24) is 14.8 Å². The lowest BCUT2D eigenvalue weighted by molar-refractivity contribution is -0.137. The zero-order valence-corrected chi connectivity index (χ0v) is 25.0. The maximum Gasteiger partial charge on any atom is 0.258 e. The molecule has 0 radical (unpaired) electrons. The normalized spacial score (nSPS) is 14.3. The fourth-order valence-corrected chi connectivity index (χ4v) is 5.78. The molecule has 1 aliphatic rings. The molecule has 0 N–H and O–H groups in total. The number of anilines is 2. The number of amides is 2. The van der Waals surface area contributed by atoms with Crippen LogP contribution in [0.25, 0.3) is 11.1 Å². The van der Waals surface area contributed by atoms with Crippen LogP contribution in [0.5, 0.6) is 0 Å². The van der Waals surface area contributed by atoms with Gasteiger partial charge < -0.3 is 14.7 Å². The van der Waals surface area contributed by atoms with E-state index in [1.165, 1.54) is 11.0 Å². The summed E-state index contributed by atoms with van der Waals surface area (Å²) < 4.78 is 15.6. The number of hydrogen-bond acceptors (Lipinski definition) is 5. The minimum Gasteiger partial charge on any atom is -0.367 e. The predicted molar refractivity (Wildman–Crippen MR) is 170 cm³/mol. The van der Waals surface area contributed by atoms with Gasteiger partial charge in [0, 0.05) is 75.5 Å². The van der Waals surface area contributed by atoms with Crippen LogP contribution in [0.3, 0.4) is 0 Å². The molecule has 0 spiro atoms. The Bertz CT molecular complexity index is 1540. The van der Waals surface area contributed by atoms with Gasteiger partial charge in [0.15, 0.2) is 0 Å². The number of benzene rings is 3. The summed E-state index contributed by atoms with van der Waals surface area (Å²) in [5, 5.41) is 0. The van der Waals surface area contributed by atoms with Gasteiger partial charge in [-0.3, -0.25) is 19.5 Å².